The summed E-state index contributed by atoms with van der Waals surface area (Å²) in [6.07, 6.45) is 6.81. The zero-order valence-corrected chi connectivity index (χ0v) is 14.3. The number of anilines is 1. The molecule has 3 nitrogen and oxygen atoms in total. The molecule has 4 heteroatoms. The van der Waals surface area contributed by atoms with Crippen LogP contribution in [-0.4, -0.2) is 37.1 Å². The number of halogens is 1. The van der Waals surface area contributed by atoms with Crippen molar-refractivity contribution < 1.29 is 0 Å². The fraction of sp³-hybridized carbons (Fsp3) is 0.647. The molecule has 0 aliphatic carbocycles. The summed E-state index contributed by atoms with van der Waals surface area (Å²) in [5.74, 6) is 0. The van der Waals surface area contributed by atoms with Crippen LogP contribution in [0.2, 0.25) is 0 Å². The summed E-state index contributed by atoms with van der Waals surface area (Å²) in [6.45, 7) is 5.58. The molecule has 2 N–H and O–H groups in total. The lowest BCUT2D eigenvalue weighted by Gasteiger charge is -2.41. The summed E-state index contributed by atoms with van der Waals surface area (Å²) in [6, 6.07) is 7.33. The van der Waals surface area contributed by atoms with Crippen LogP contribution in [0.15, 0.2) is 22.7 Å². The smallest absolute Gasteiger partial charge is 0.0510 e. The summed E-state index contributed by atoms with van der Waals surface area (Å²) in [7, 11) is 0. The zero-order chi connectivity index (χ0) is 14.7. The maximum atomic E-state index is 5.71. The van der Waals surface area contributed by atoms with E-state index < -0.39 is 0 Å². The first-order valence-electron chi connectivity index (χ1n) is 8.25. The van der Waals surface area contributed by atoms with Crippen molar-refractivity contribution >= 4 is 21.6 Å². The number of piperidine rings is 2. The Morgan fingerprint density at radius 2 is 1.76 bits per heavy atom. The van der Waals surface area contributed by atoms with E-state index in [0.717, 1.165) is 6.04 Å². The van der Waals surface area contributed by atoms with Crippen LogP contribution in [0.5, 0.6) is 0 Å². The van der Waals surface area contributed by atoms with Crippen LogP contribution < -0.4 is 10.6 Å². The van der Waals surface area contributed by atoms with E-state index in [1.165, 1.54) is 74.0 Å². The Morgan fingerprint density at radius 1 is 1.05 bits per heavy atom. The number of likely N-dealkylation sites (tertiary alicyclic amines) is 1. The SMILES string of the molecule is NCc1ccc(N2CCC(N3CCCCC3)CC2)c(Br)c1. The highest BCUT2D eigenvalue weighted by atomic mass is 79.9. The van der Waals surface area contributed by atoms with E-state index in [4.69, 9.17) is 5.73 Å². The number of nitrogens with zero attached hydrogens (tertiary/aromatic N) is 2. The molecular formula is C17H26BrN3. The molecule has 2 saturated heterocycles. The number of hydrogen-bond acceptors (Lipinski definition) is 3. The Kier molecular flexibility index (Phi) is 5.19. The van der Waals surface area contributed by atoms with Gasteiger partial charge in [-0.25, -0.2) is 0 Å². The largest absolute Gasteiger partial charge is 0.371 e. The molecule has 0 amide bonds. The maximum Gasteiger partial charge on any atom is 0.0510 e. The van der Waals surface area contributed by atoms with E-state index >= 15 is 0 Å². The fourth-order valence-electron chi connectivity index (χ4n) is 3.69. The Balaban J connectivity index is 1.60. The van der Waals surface area contributed by atoms with Gasteiger partial charge in [0.2, 0.25) is 0 Å². The van der Waals surface area contributed by atoms with Gasteiger partial charge >= 0.3 is 0 Å². The normalized spacial score (nSPS) is 21.7. The first-order chi connectivity index (χ1) is 10.3. The second-order valence-electron chi connectivity index (χ2n) is 6.30. The summed E-state index contributed by atoms with van der Waals surface area (Å²) < 4.78 is 1.18. The van der Waals surface area contributed by atoms with E-state index in [1.54, 1.807) is 0 Å². The predicted molar refractivity (Wildman–Crippen MR) is 92.7 cm³/mol. The van der Waals surface area contributed by atoms with Gasteiger partial charge in [-0.2, -0.15) is 0 Å². The molecule has 116 valence electrons. The molecule has 1 aromatic carbocycles. The summed E-state index contributed by atoms with van der Waals surface area (Å²) >= 11 is 3.71. The fourth-order valence-corrected chi connectivity index (χ4v) is 4.37. The number of hydrogen-bond donors (Lipinski definition) is 1. The minimum atomic E-state index is 0.607. The average molecular weight is 352 g/mol. The van der Waals surface area contributed by atoms with Crippen LogP contribution in [-0.2, 0) is 6.54 Å². The highest BCUT2D eigenvalue weighted by molar-refractivity contribution is 9.10. The van der Waals surface area contributed by atoms with E-state index in [-0.39, 0.29) is 0 Å². The van der Waals surface area contributed by atoms with Crippen molar-refractivity contribution in [3.05, 3.63) is 28.2 Å². The van der Waals surface area contributed by atoms with Crippen molar-refractivity contribution in [2.24, 2.45) is 5.73 Å². The monoisotopic (exact) mass is 351 g/mol. The van der Waals surface area contributed by atoms with Crippen molar-refractivity contribution in [2.75, 3.05) is 31.1 Å². The Morgan fingerprint density at radius 3 is 2.38 bits per heavy atom. The molecule has 2 aliphatic rings. The molecule has 1 aromatic rings. The minimum Gasteiger partial charge on any atom is -0.371 e. The molecule has 0 spiro atoms. The highest BCUT2D eigenvalue weighted by Crippen LogP contribution is 2.31. The van der Waals surface area contributed by atoms with Gasteiger partial charge in [0, 0.05) is 30.1 Å². The highest BCUT2D eigenvalue weighted by Gasteiger charge is 2.26. The van der Waals surface area contributed by atoms with Crippen molar-refractivity contribution in [3.8, 4) is 0 Å². The molecule has 2 aliphatic heterocycles. The third kappa shape index (κ3) is 3.61. The van der Waals surface area contributed by atoms with Gasteiger partial charge in [0.1, 0.15) is 0 Å². The third-order valence-electron chi connectivity index (χ3n) is 4.96. The van der Waals surface area contributed by atoms with E-state index in [1.807, 2.05) is 0 Å². The van der Waals surface area contributed by atoms with Gasteiger partial charge in [0.25, 0.3) is 0 Å². The molecule has 0 saturated carbocycles. The Bertz CT molecular complexity index is 463. The van der Waals surface area contributed by atoms with Gasteiger partial charge in [0.15, 0.2) is 0 Å². The molecule has 0 unspecified atom stereocenters. The molecule has 3 rings (SSSR count). The van der Waals surface area contributed by atoms with Crippen LogP contribution in [0.4, 0.5) is 5.69 Å². The minimum absolute atomic E-state index is 0.607. The molecular weight excluding hydrogens is 326 g/mol. The number of nitrogens with two attached hydrogens (primary N) is 1. The lowest BCUT2D eigenvalue weighted by Crippen LogP contribution is -2.46. The lowest BCUT2D eigenvalue weighted by molar-refractivity contribution is 0.141. The molecule has 21 heavy (non-hydrogen) atoms. The van der Waals surface area contributed by atoms with Crippen LogP contribution in [0, 0.1) is 0 Å². The first-order valence-corrected chi connectivity index (χ1v) is 9.05. The van der Waals surface area contributed by atoms with E-state index in [9.17, 15) is 0 Å². The van der Waals surface area contributed by atoms with E-state index in [0.29, 0.717) is 6.54 Å². The molecule has 0 bridgehead atoms. The Hall–Kier alpha value is -0.580. The maximum absolute atomic E-state index is 5.71. The molecule has 2 heterocycles. The van der Waals surface area contributed by atoms with Crippen molar-refractivity contribution in [1.82, 2.24) is 4.90 Å². The lowest BCUT2D eigenvalue weighted by atomic mass is 9.99. The van der Waals surface area contributed by atoms with Crippen molar-refractivity contribution in [3.63, 3.8) is 0 Å². The van der Waals surface area contributed by atoms with Crippen molar-refractivity contribution in [1.29, 1.82) is 0 Å². The quantitative estimate of drug-likeness (QED) is 0.905. The van der Waals surface area contributed by atoms with Crippen LogP contribution in [0.1, 0.15) is 37.7 Å². The van der Waals surface area contributed by atoms with Crippen LogP contribution in [0.25, 0.3) is 0 Å². The first kappa shape index (κ1) is 15.3. The number of benzene rings is 1. The zero-order valence-electron chi connectivity index (χ0n) is 12.7. The van der Waals surface area contributed by atoms with Gasteiger partial charge in [-0.05, 0) is 72.4 Å². The van der Waals surface area contributed by atoms with Gasteiger partial charge in [0.05, 0.1) is 5.69 Å². The molecule has 0 atom stereocenters. The second kappa shape index (κ2) is 7.12. The molecule has 0 radical (unpaired) electrons. The number of rotatable bonds is 3. The summed E-state index contributed by atoms with van der Waals surface area (Å²) in [5, 5.41) is 0. The van der Waals surface area contributed by atoms with Crippen LogP contribution in [0.3, 0.4) is 0 Å². The van der Waals surface area contributed by atoms with Gasteiger partial charge < -0.3 is 15.5 Å². The standard InChI is InChI=1S/C17H26BrN3/c18-16-12-14(13-19)4-5-17(16)21-10-6-15(7-11-21)20-8-2-1-3-9-20/h4-5,12,15H,1-3,6-11,13,19H2. The third-order valence-corrected chi connectivity index (χ3v) is 5.60. The van der Waals surface area contributed by atoms with Crippen LogP contribution >= 0.6 is 15.9 Å². The molecule has 2 fully saturated rings. The predicted octanol–water partition coefficient (Wildman–Crippen LogP) is 3.36. The van der Waals surface area contributed by atoms with Gasteiger partial charge in [-0.15, -0.1) is 0 Å². The second-order valence-corrected chi connectivity index (χ2v) is 7.16. The Labute approximate surface area is 136 Å². The van der Waals surface area contributed by atoms with Crippen molar-refractivity contribution in [2.45, 2.75) is 44.7 Å². The van der Waals surface area contributed by atoms with Gasteiger partial charge in [-0.1, -0.05) is 12.5 Å². The topological polar surface area (TPSA) is 32.5 Å². The molecule has 0 aromatic heterocycles. The summed E-state index contributed by atoms with van der Waals surface area (Å²) in [5.41, 5.74) is 8.22. The average Bonchev–Trinajstić information content (AvgIpc) is 2.56. The van der Waals surface area contributed by atoms with Gasteiger partial charge in [-0.3, -0.25) is 0 Å². The summed E-state index contributed by atoms with van der Waals surface area (Å²) in [4.78, 5) is 5.25. The van der Waals surface area contributed by atoms with E-state index in [2.05, 4.69) is 43.9 Å².